The third-order valence-corrected chi connectivity index (χ3v) is 3.03. The van der Waals surface area contributed by atoms with Crippen LogP contribution in [0.1, 0.15) is 12.5 Å². The molecule has 1 heterocycles. The molecule has 1 aliphatic heterocycles. The quantitative estimate of drug-likeness (QED) is 0.893. The Hall–Kier alpha value is -0.450. The summed E-state index contributed by atoms with van der Waals surface area (Å²) in [5.41, 5.74) is 0.0833. The average Bonchev–Trinajstić information content (AvgIpc) is 2.06. The van der Waals surface area contributed by atoms with E-state index in [0.717, 1.165) is 4.47 Å². The molecule has 15 heavy (non-hydrogen) atoms. The Morgan fingerprint density at radius 2 is 2.20 bits per heavy atom. The molecule has 2 nitrogen and oxygen atoms in total. The van der Waals surface area contributed by atoms with Crippen LogP contribution in [0.2, 0.25) is 0 Å². The smallest absolute Gasteiger partial charge is 0.128 e. The molecular weight excluding hydrogens is 261 g/mol. The van der Waals surface area contributed by atoms with E-state index in [1.54, 1.807) is 13.0 Å². The fraction of sp³-hybridized carbons (Fsp3) is 0.455. The topological polar surface area (TPSA) is 23.5 Å². The maximum atomic E-state index is 13.4. The lowest BCUT2D eigenvalue weighted by Crippen LogP contribution is -2.59. The summed E-state index contributed by atoms with van der Waals surface area (Å²) in [6.07, 6.45) is 0. The van der Waals surface area contributed by atoms with Gasteiger partial charge in [0.25, 0.3) is 0 Å². The first-order valence-corrected chi connectivity index (χ1v) is 5.64. The van der Waals surface area contributed by atoms with E-state index >= 15 is 0 Å². The fourth-order valence-corrected chi connectivity index (χ4v) is 2.25. The van der Waals surface area contributed by atoms with E-state index in [1.807, 2.05) is 11.0 Å². The Balaban J connectivity index is 2.00. The first-order valence-electron chi connectivity index (χ1n) is 4.85. The van der Waals surface area contributed by atoms with E-state index in [4.69, 9.17) is 0 Å². The molecular formula is C11H13BrFNO. The van der Waals surface area contributed by atoms with Gasteiger partial charge in [-0.2, -0.15) is 0 Å². The normalized spacial score (nSPS) is 20.0. The van der Waals surface area contributed by atoms with Crippen molar-refractivity contribution in [3.8, 4) is 0 Å². The van der Waals surface area contributed by atoms with Crippen molar-refractivity contribution in [2.45, 2.75) is 19.1 Å². The molecule has 0 atom stereocenters. The Morgan fingerprint density at radius 3 is 2.73 bits per heavy atom. The molecule has 0 aromatic heterocycles. The van der Waals surface area contributed by atoms with Crippen LogP contribution in [0.5, 0.6) is 0 Å². The van der Waals surface area contributed by atoms with Crippen LogP contribution >= 0.6 is 15.9 Å². The molecule has 0 amide bonds. The lowest BCUT2D eigenvalue weighted by atomic mass is 9.96. The van der Waals surface area contributed by atoms with E-state index in [1.165, 1.54) is 6.07 Å². The fourth-order valence-electron chi connectivity index (χ4n) is 1.92. The van der Waals surface area contributed by atoms with Gasteiger partial charge in [0, 0.05) is 29.7 Å². The summed E-state index contributed by atoms with van der Waals surface area (Å²) in [5, 5.41) is 9.53. The Morgan fingerprint density at radius 1 is 1.53 bits per heavy atom. The van der Waals surface area contributed by atoms with E-state index in [9.17, 15) is 9.50 Å². The van der Waals surface area contributed by atoms with Crippen LogP contribution in [0.15, 0.2) is 22.7 Å². The maximum absolute atomic E-state index is 13.4. The second-order valence-corrected chi connectivity index (χ2v) is 5.29. The van der Waals surface area contributed by atoms with Crippen molar-refractivity contribution >= 4 is 15.9 Å². The molecule has 1 saturated heterocycles. The van der Waals surface area contributed by atoms with E-state index in [2.05, 4.69) is 15.9 Å². The number of hydrogen-bond acceptors (Lipinski definition) is 2. The lowest BCUT2D eigenvalue weighted by molar-refractivity contribution is -0.0874. The molecule has 1 aromatic carbocycles. The van der Waals surface area contributed by atoms with Gasteiger partial charge in [-0.25, -0.2) is 4.39 Å². The van der Waals surface area contributed by atoms with E-state index in [0.29, 0.717) is 25.2 Å². The number of aliphatic hydroxyl groups is 1. The number of β-amino-alcohol motifs (C(OH)–C–C–N with tert-alkyl or cyclic N) is 1. The summed E-state index contributed by atoms with van der Waals surface area (Å²) in [7, 11) is 0. The van der Waals surface area contributed by atoms with Gasteiger partial charge in [0.2, 0.25) is 0 Å². The van der Waals surface area contributed by atoms with Crippen molar-refractivity contribution in [1.29, 1.82) is 0 Å². The van der Waals surface area contributed by atoms with Gasteiger partial charge >= 0.3 is 0 Å². The highest BCUT2D eigenvalue weighted by molar-refractivity contribution is 9.10. The summed E-state index contributed by atoms with van der Waals surface area (Å²) in [4.78, 5) is 2.02. The van der Waals surface area contributed by atoms with Crippen LogP contribution < -0.4 is 0 Å². The predicted octanol–water partition coefficient (Wildman–Crippen LogP) is 2.15. The molecule has 0 bridgehead atoms. The first-order chi connectivity index (χ1) is 6.96. The number of rotatable bonds is 2. The second-order valence-electron chi connectivity index (χ2n) is 4.38. The molecule has 0 aliphatic carbocycles. The van der Waals surface area contributed by atoms with Crippen molar-refractivity contribution < 1.29 is 9.50 Å². The summed E-state index contributed by atoms with van der Waals surface area (Å²) in [5.74, 6) is -0.198. The van der Waals surface area contributed by atoms with Crippen LogP contribution in [0.25, 0.3) is 0 Å². The molecule has 1 N–H and O–H groups in total. The van der Waals surface area contributed by atoms with Crippen LogP contribution in [-0.2, 0) is 6.54 Å². The average molecular weight is 274 g/mol. The standard InChI is InChI=1S/C11H13BrFNO/c1-11(15)6-14(7-11)5-8-2-3-9(12)4-10(8)13/h2-4,15H,5-7H2,1H3. The molecule has 82 valence electrons. The van der Waals surface area contributed by atoms with Gasteiger partial charge in [0.15, 0.2) is 0 Å². The number of halogens is 2. The van der Waals surface area contributed by atoms with Crippen LogP contribution in [0.4, 0.5) is 4.39 Å². The maximum Gasteiger partial charge on any atom is 0.128 e. The van der Waals surface area contributed by atoms with Crippen molar-refractivity contribution in [3.63, 3.8) is 0 Å². The number of benzene rings is 1. The Kier molecular flexibility index (Phi) is 2.83. The molecule has 2 rings (SSSR count). The van der Waals surface area contributed by atoms with Crippen LogP contribution in [-0.4, -0.2) is 28.7 Å². The third kappa shape index (κ3) is 2.56. The summed E-state index contributed by atoms with van der Waals surface area (Å²) >= 11 is 3.22. The minimum absolute atomic E-state index is 0.198. The van der Waals surface area contributed by atoms with Crippen molar-refractivity contribution in [1.82, 2.24) is 4.90 Å². The summed E-state index contributed by atoms with van der Waals surface area (Å²) < 4.78 is 14.2. The lowest BCUT2D eigenvalue weighted by Gasteiger charge is -2.44. The molecule has 0 radical (unpaired) electrons. The molecule has 1 aliphatic rings. The Bertz CT molecular complexity index is 373. The SMILES string of the molecule is CC1(O)CN(Cc2ccc(Br)cc2F)C1. The second kappa shape index (κ2) is 3.85. The molecule has 0 saturated carbocycles. The van der Waals surface area contributed by atoms with Gasteiger partial charge in [0.05, 0.1) is 5.60 Å². The molecule has 4 heteroatoms. The van der Waals surface area contributed by atoms with Gasteiger partial charge in [-0.15, -0.1) is 0 Å². The van der Waals surface area contributed by atoms with Crippen LogP contribution in [0.3, 0.4) is 0 Å². The minimum Gasteiger partial charge on any atom is -0.388 e. The number of likely N-dealkylation sites (tertiary alicyclic amines) is 1. The summed E-state index contributed by atoms with van der Waals surface area (Å²) in [6, 6.07) is 5.07. The first kappa shape index (κ1) is 11.0. The summed E-state index contributed by atoms with van der Waals surface area (Å²) in [6.45, 7) is 3.59. The minimum atomic E-state index is -0.591. The monoisotopic (exact) mass is 273 g/mol. The van der Waals surface area contributed by atoms with Gasteiger partial charge in [-0.05, 0) is 19.1 Å². The number of hydrogen-bond donors (Lipinski definition) is 1. The highest BCUT2D eigenvalue weighted by Gasteiger charge is 2.36. The van der Waals surface area contributed by atoms with Crippen molar-refractivity contribution in [3.05, 3.63) is 34.1 Å². The van der Waals surface area contributed by atoms with Gasteiger partial charge in [-0.3, -0.25) is 4.90 Å². The van der Waals surface area contributed by atoms with Gasteiger partial charge < -0.3 is 5.11 Å². The highest BCUT2D eigenvalue weighted by Crippen LogP contribution is 2.24. The zero-order chi connectivity index (χ0) is 11.1. The van der Waals surface area contributed by atoms with Crippen LogP contribution in [0, 0.1) is 5.82 Å². The number of nitrogens with zero attached hydrogens (tertiary/aromatic N) is 1. The molecule has 1 fully saturated rings. The van der Waals surface area contributed by atoms with Gasteiger partial charge in [0.1, 0.15) is 5.82 Å². The zero-order valence-electron chi connectivity index (χ0n) is 8.50. The third-order valence-electron chi connectivity index (χ3n) is 2.54. The molecule has 1 aromatic rings. The zero-order valence-corrected chi connectivity index (χ0v) is 10.1. The Labute approximate surface area is 96.8 Å². The van der Waals surface area contributed by atoms with Gasteiger partial charge in [-0.1, -0.05) is 22.0 Å². The van der Waals surface area contributed by atoms with Crippen molar-refractivity contribution in [2.75, 3.05) is 13.1 Å². The largest absolute Gasteiger partial charge is 0.388 e. The van der Waals surface area contributed by atoms with E-state index < -0.39 is 5.60 Å². The molecule has 0 spiro atoms. The van der Waals surface area contributed by atoms with Crippen molar-refractivity contribution in [2.24, 2.45) is 0 Å². The highest BCUT2D eigenvalue weighted by atomic mass is 79.9. The molecule has 0 unspecified atom stereocenters. The van der Waals surface area contributed by atoms with E-state index in [-0.39, 0.29) is 5.82 Å². The predicted molar refractivity (Wildman–Crippen MR) is 60.0 cm³/mol.